The van der Waals surface area contributed by atoms with Crippen molar-refractivity contribution in [1.82, 2.24) is 5.32 Å². The number of amides is 1. The van der Waals surface area contributed by atoms with E-state index in [0.717, 1.165) is 18.3 Å². The lowest BCUT2D eigenvalue weighted by Crippen LogP contribution is -2.27. The van der Waals surface area contributed by atoms with Gasteiger partial charge < -0.3 is 5.32 Å². The van der Waals surface area contributed by atoms with Crippen molar-refractivity contribution in [3.8, 4) is 12.3 Å². The lowest BCUT2D eigenvalue weighted by molar-refractivity contribution is -0.122. The molecule has 2 nitrogen and oxygen atoms in total. The average Bonchev–Trinajstić information content (AvgIpc) is 2.79. The highest BCUT2D eigenvalue weighted by Crippen LogP contribution is 2.49. The van der Waals surface area contributed by atoms with E-state index in [2.05, 4.69) is 11.2 Å². The van der Waals surface area contributed by atoms with Crippen LogP contribution in [-0.2, 0) is 4.79 Å². The van der Waals surface area contributed by atoms with Crippen molar-refractivity contribution >= 4 is 5.91 Å². The highest BCUT2D eigenvalue weighted by Gasteiger charge is 2.39. The molecule has 2 aliphatic rings. The molecular weight excluding hydrogens is 186 g/mol. The minimum absolute atomic E-state index is 0.197. The van der Waals surface area contributed by atoms with Gasteiger partial charge in [-0.15, -0.1) is 12.3 Å². The van der Waals surface area contributed by atoms with Crippen LogP contribution in [0.1, 0.15) is 38.5 Å². The van der Waals surface area contributed by atoms with Crippen LogP contribution in [0.15, 0.2) is 0 Å². The summed E-state index contributed by atoms with van der Waals surface area (Å²) in [5.41, 5.74) is 0. The Morgan fingerprint density at radius 2 is 2.27 bits per heavy atom. The second-order valence-corrected chi connectivity index (χ2v) is 4.94. The summed E-state index contributed by atoms with van der Waals surface area (Å²) in [6.07, 6.45) is 11.9. The molecule has 3 unspecified atom stereocenters. The fraction of sp³-hybridized carbons (Fsp3) is 0.769. The van der Waals surface area contributed by atoms with Crippen molar-refractivity contribution in [2.75, 3.05) is 6.54 Å². The van der Waals surface area contributed by atoms with Crippen molar-refractivity contribution in [1.29, 1.82) is 0 Å². The summed E-state index contributed by atoms with van der Waals surface area (Å²) in [6.45, 7) is 0.635. The molecule has 15 heavy (non-hydrogen) atoms. The fourth-order valence-corrected chi connectivity index (χ4v) is 3.21. The third-order valence-corrected chi connectivity index (χ3v) is 3.92. The molecule has 3 atom stereocenters. The Bertz CT molecular complexity index is 279. The first-order valence-corrected chi connectivity index (χ1v) is 5.99. The number of nitrogens with one attached hydrogen (secondary N) is 1. The van der Waals surface area contributed by atoms with Crippen LogP contribution in [0.5, 0.6) is 0 Å². The zero-order valence-corrected chi connectivity index (χ0v) is 9.17. The van der Waals surface area contributed by atoms with E-state index in [1.807, 2.05) is 0 Å². The standard InChI is InChI=1S/C13H19NO/c1-2-3-6-14-13(15)9-12-8-10-4-5-11(12)7-10/h1,10-12H,3-9H2,(H,14,15). The summed E-state index contributed by atoms with van der Waals surface area (Å²) in [4.78, 5) is 11.6. The first-order valence-electron chi connectivity index (χ1n) is 5.99. The van der Waals surface area contributed by atoms with Gasteiger partial charge >= 0.3 is 0 Å². The zero-order valence-electron chi connectivity index (χ0n) is 9.17. The fourth-order valence-electron chi connectivity index (χ4n) is 3.21. The monoisotopic (exact) mass is 205 g/mol. The molecule has 2 rings (SSSR count). The molecule has 2 aliphatic carbocycles. The second kappa shape index (κ2) is 4.70. The molecular formula is C13H19NO. The molecule has 1 amide bonds. The van der Waals surface area contributed by atoms with Crippen LogP contribution in [0.3, 0.4) is 0 Å². The maximum absolute atomic E-state index is 11.6. The maximum atomic E-state index is 11.6. The molecule has 0 heterocycles. The number of carbonyl (C=O) groups is 1. The van der Waals surface area contributed by atoms with Gasteiger partial charge in [-0.3, -0.25) is 4.79 Å². The van der Waals surface area contributed by atoms with Crippen LogP contribution < -0.4 is 5.32 Å². The zero-order chi connectivity index (χ0) is 10.7. The van der Waals surface area contributed by atoms with Crippen LogP contribution in [0.25, 0.3) is 0 Å². The van der Waals surface area contributed by atoms with E-state index in [-0.39, 0.29) is 5.91 Å². The van der Waals surface area contributed by atoms with Gasteiger partial charge in [0.2, 0.25) is 5.91 Å². The van der Waals surface area contributed by atoms with Crippen molar-refractivity contribution in [2.24, 2.45) is 17.8 Å². The van der Waals surface area contributed by atoms with Crippen molar-refractivity contribution < 1.29 is 4.79 Å². The molecule has 0 aromatic rings. The normalized spacial score (nSPS) is 32.6. The number of fused-ring (bicyclic) bond motifs is 2. The summed E-state index contributed by atoms with van der Waals surface area (Å²) in [7, 11) is 0. The number of terminal acetylenes is 1. The van der Waals surface area contributed by atoms with Crippen LogP contribution >= 0.6 is 0 Å². The third-order valence-electron chi connectivity index (χ3n) is 3.92. The lowest BCUT2D eigenvalue weighted by atomic mass is 9.86. The van der Waals surface area contributed by atoms with E-state index >= 15 is 0 Å². The maximum Gasteiger partial charge on any atom is 0.220 e. The minimum atomic E-state index is 0.197. The third kappa shape index (κ3) is 2.53. The van der Waals surface area contributed by atoms with Gasteiger partial charge in [0.05, 0.1) is 0 Å². The second-order valence-electron chi connectivity index (χ2n) is 4.94. The molecule has 2 heteroatoms. The largest absolute Gasteiger partial charge is 0.355 e. The van der Waals surface area contributed by atoms with Gasteiger partial charge in [0.1, 0.15) is 0 Å². The van der Waals surface area contributed by atoms with Gasteiger partial charge in [-0.05, 0) is 37.0 Å². The van der Waals surface area contributed by atoms with E-state index in [1.54, 1.807) is 0 Å². The smallest absolute Gasteiger partial charge is 0.220 e. The molecule has 82 valence electrons. The Kier molecular flexibility index (Phi) is 3.30. The van der Waals surface area contributed by atoms with Gasteiger partial charge in [-0.25, -0.2) is 0 Å². The van der Waals surface area contributed by atoms with Crippen LogP contribution in [-0.4, -0.2) is 12.5 Å². The van der Waals surface area contributed by atoms with Crippen LogP contribution in [0.2, 0.25) is 0 Å². The van der Waals surface area contributed by atoms with Gasteiger partial charge in [-0.1, -0.05) is 6.42 Å². The highest BCUT2D eigenvalue weighted by atomic mass is 16.1. The highest BCUT2D eigenvalue weighted by molar-refractivity contribution is 5.76. The van der Waals surface area contributed by atoms with Gasteiger partial charge in [0.25, 0.3) is 0 Å². The summed E-state index contributed by atoms with van der Waals surface area (Å²) in [6, 6.07) is 0. The lowest BCUT2D eigenvalue weighted by Gasteiger charge is -2.20. The topological polar surface area (TPSA) is 29.1 Å². The van der Waals surface area contributed by atoms with E-state index in [9.17, 15) is 4.79 Å². The number of hydrogen-bond donors (Lipinski definition) is 1. The number of carbonyl (C=O) groups excluding carboxylic acids is 1. The predicted molar refractivity (Wildman–Crippen MR) is 60.0 cm³/mol. The van der Waals surface area contributed by atoms with Crippen molar-refractivity contribution in [2.45, 2.75) is 38.5 Å². The van der Waals surface area contributed by atoms with Gasteiger partial charge in [-0.2, -0.15) is 0 Å². The Hall–Kier alpha value is -0.970. The molecule has 2 bridgehead atoms. The minimum Gasteiger partial charge on any atom is -0.355 e. The molecule has 0 aliphatic heterocycles. The summed E-state index contributed by atoms with van der Waals surface area (Å²) in [5.74, 6) is 5.16. The molecule has 2 saturated carbocycles. The first-order chi connectivity index (χ1) is 7.29. The number of rotatable bonds is 4. The average molecular weight is 205 g/mol. The number of hydrogen-bond acceptors (Lipinski definition) is 1. The molecule has 0 radical (unpaired) electrons. The summed E-state index contributed by atoms with van der Waals surface area (Å²) in [5, 5.41) is 2.89. The van der Waals surface area contributed by atoms with E-state index in [0.29, 0.717) is 18.9 Å². The molecule has 0 aromatic heterocycles. The van der Waals surface area contributed by atoms with E-state index in [4.69, 9.17) is 6.42 Å². The van der Waals surface area contributed by atoms with E-state index < -0.39 is 0 Å². The quantitative estimate of drug-likeness (QED) is 0.551. The molecule has 0 spiro atoms. The van der Waals surface area contributed by atoms with Crippen LogP contribution in [0, 0.1) is 30.1 Å². The molecule has 1 N–H and O–H groups in total. The van der Waals surface area contributed by atoms with E-state index in [1.165, 1.54) is 25.7 Å². The van der Waals surface area contributed by atoms with Crippen molar-refractivity contribution in [3.05, 3.63) is 0 Å². The van der Waals surface area contributed by atoms with Gasteiger partial charge in [0.15, 0.2) is 0 Å². The van der Waals surface area contributed by atoms with Crippen molar-refractivity contribution in [3.63, 3.8) is 0 Å². The Balaban J connectivity index is 1.69. The Morgan fingerprint density at radius 3 is 2.87 bits per heavy atom. The molecule has 0 saturated heterocycles. The van der Waals surface area contributed by atoms with Gasteiger partial charge in [0, 0.05) is 19.4 Å². The Labute approximate surface area is 91.8 Å². The summed E-state index contributed by atoms with van der Waals surface area (Å²) < 4.78 is 0. The molecule has 0 aromatic carbocycles. The summed E-state index contributed by atoms with van der Waals surface area (Å²) >= 11 is 0. The van der Waals surface area contributed by atoms with Crippen LogP contribution in [0.4, 0.5) is 0 Å². The Morgan fingerprint density at radius 1 is 1.40 bits per heavy atom. The first kappa shape index (κ1) is 10.5. The molecule has 2 fully saturated rings. The predicted octanol–water partition coefficient (Wildman–Crippen LogP) is 1.95. The SMILES string of the molecule is C#CCCNC(=O)CC1CC2CCC1C2.